The van der Waals surface area contributed by atoms with E-state index in [1.165, 1.54) is 0 Å². The Bertz CT molecular complexity index is 12.9. The molecule has 8 radical (unpaired) electrons. The zero-order chi connectivity index (χ0) is 0. The van der Waals surface area contributed by atoms with E-state index in [1.807, 2.05) is 0 Å². The van der Waals surface area contributed by atoms with Crippen LogP contribution in [-0.4, -0.2) is 107 Å². The van der Waals surface area contributed by atoms with Crippen molar-refractivity contribution in [3.8, 4) is 0 Å². The molecule has 0 fully saturated rings. The Morgan fingerprint density at radius 2 is 0.333 bits per heavy atom. The molecule has 0 aromatic carbocycles. The topological polar surface area (TPSA) is 142 Å². The third-order valence-corrected chi connectivity index (χ3v) is 0. The van der Waals surface area contributed by atoms with Gasteiger partial charge in [-0.25, -0.2) is 0 Å². The Morgan fingerprint density at radius 3 is 0.333 bits per heavy atom. The molecule has 0 bridgehead atoms. The standard InChI is InChI=1S/2Bi.5O.2Pb/q2*+3;5*-2;2*+2. The van der Waals surface area contributed by atoms with Crippen LogP contribution in [0.1, 0.15) is 0 Å². The quantitative estimate of drug-likeness (QED) is 0.246. The average molecular weight is 912 g/mol. The summed E-state index contributed by atoms with van der Waals surface area (Å²) in [5, 5.41) is 0. The van der Waals surface area contributed by atoms with E-state index in [1.54, 1.807) is 0 Å². The first-order chi connectivity index (χ1) is 0. The summed E-state index contributed by atoms with van der Waals surface area (Å²) in [5.41, 5.74) is 0. The van der Waals surface area contributed by atoms with Crippen LogP contribution in [0.4, 0.5) is 0 Å². The van der Waals surface area contributed by atoms with E-state index in [2.05, 4.69) is 0 Å². The molecule has 0 unspecified atom stereocenters. The van der Waals surface area contributed by atoms with Crippen molar-refractivity contribution < 1.29 is 27.4 Å². The average Bonchev–Trinajstić information content (AvgIpc) is 0. The van der Waals surface area contributed by atoms with E-state index in [9.17, 15) is 0 Å². The van der Waals surface area contributed by atoms with Crippen molar-refractivity contribution in [1.29, 1.82) is 0 Å². The Morgan fingerprint density at radius 1 is 0.333 bits per heavy atom. The molecule has 0 saturated heterocycles. The first-order valence-corrected chi connectivity index (χ1v) is 0. The molecule has 48 valence electrons. The molecule has 0 aromatic rings. The molecule has 0 N–H and O–H groups in total. The van der Waals surface area contributed by atoms with Crippen molar-refractivity contribution in [3.05, 3.63) is 0 Å². The van der Waals surface area contributed by atoms with E-state index in [0.29, 0.717) is 0 Å². The number of hydrogen-bond donors (Lipinski definition) is 0. The molecular weight excluding hydrogens is 912 g/mol. The maximum Gasteiger partial charge on any atom is 3.00 e. The van der Waals surface area contributed by atoms with Gasteiger partial charge in [-0.2, -0.15) is 0 Å². The van der Waals surface area contributed by atoms with Crippen LogP contribution in [0.15, 0.2) is 0 Å². The van der Waals surface area contributed by atoms with Gasteiger partial charge in [0.05, 0.1) is 0 Å². The monoisotopic (exact) mass is 914 g/mol. The summed E-state index contributed by atoms with van der Waals surface area (Å²) in [6, 6.07) is 0. The Labute approximate surface area is 132 Å². The summed E-state index contributed by atoms with van der Waals surface area (Å²) < 4.78 is 0. The first kappa shape index (κ1) is 139. The molecule has 0 aromatic heterocycles. The van der Waals surface area contributed by atoms with Crippen LogP contribution in [0.25, 0.3) is 0 Å². The van der Waals surface area contributed by atoms with Crippen LogP contribution in [0.2, 0.25) is 0 Å². The minimum absolute atomic E-state index is 0. The van der Waals surface area contributed by atoms with Crippen molar-refractivity contribution in [2.75, 3.05) is 0 Å². The Kier molecular flexibility index (Phi) is 1640. The van der Waals surface area contributed by atoms with E-state index in [0.717, 1.165) is 0 Å². The van der Waals surface area contributed by atoms with Crippen LogP contribution in [0.3, 0.4) is 0 Å². The van der Waals surface area contributed by atoms with Crippen LogP contribution >= 0.6 is 0 Å². The number of hydrogen-bond acceptors (Lipinski definition) is 0. The SMILES string of the molecule is [Bi+3].[Bi+3].[O-2].[O-2].[O-2].[O-2].[O-2].[Pb+2].[Pb+2]. The molecule has 0 saturated carbocycles. The molecule has 0 atom stereocenters. The second-order valence-electron chi connectivity index (χ2n) is 0. The van der Waals surface area contributed by atoms with Gasteiger partial charge in [0.25, 0.3) is 0 Å². The first-order valence-electron chi connectivity index (χ1n) is 0. The molecule has 0 spiro atoms. The minimum Gasteiger partial charge on any atom is -2.00 e. The van der Waals surface area contributed by atoms with Gasteiger partial charge in [-0.3, -0.25) is 0 Å². The molecule has 0 aliphatic carbocycles. The molecule has 0 rings (SSSR count). The van der Waals surface area contributed by atoms with Crippen LogP contribution in [0.5, 0.6) is 0 Å². The van der Waals surface area contributed by atoms with Gasteiger partial charge < -0.3 is 27.4 Å². The van der Waals surface area contributed by atoms with E-state index in [4.69, 9.17) is 0 Å². The molecule has 9 heavy (non-hydrogen) atoms. The largest absolute Gasteiger partial charge is 3.00 e. The summed E-state index contributed by atoms with van der Waals surface area (Å²) >= 11 is 0. The predicted octanol–water partition coefficient (Wildman–Crippen LogP) is -2.12. The zero-order valence-electron chi connectivity index (χ0n) is 3.94. The predicted molar refractivity (Wildman–Crippen MR) is 26.4 cm³/mol. The summed E-state index contributed by atoms with van der Waals surface area (Å²) in [6.45, 7) is 0. The maximum atomic E-state index is 0. The molecular formula is Bi2O5Pb2. The van der Waals surface area contributed by atoms with Crippen molar-refractivity contribution in [1.82, 2.24) is 0 Å². The van der Waals surface area contributed by atoms with Crippen molar-refractivity contribution in [2.24, 2.45) is 0 Å². The van der Waals surface area contributed by atoms with Crippen molar-refractivity contribution in [2.45, 2.75) is 0 Å². The molecule has 9 heteroatoms. The second kappa shape index (κ2) is 106. The fourth-order valence-corrected chi connectivity index (χ4v) is 0. The molecule has 5 nitrogen and oxygen atoms in total. The molecule has 0 heterocycles. The molecule has 0 aliphatic heterocycles. The van der Waals surface area contributed by atoms with Crippen LogP contribution in [0, 0.1) is 0 Å². The third kappa shape index (κ3) is 86.9. The minimum atomic E-state index is 0. The van der Waals surface area contributed by atoms with Gasteiger partial charge in [-0.05, 0) is 0 Å². The Balaban J connectivity index is 0. The summed E-state index contributed by atoms with van der Waals surface area (Å²) in [4.78, 5) is 0. The van der Waals surface area contributed by atoms with Gasteiger partial charge in [0.1, 0.15) is 0 Å². The van der Waals surface area contributed by atoms with E-state index in [-0.39, 0.29) is 134 Å². The maximum absolute atomic E-state index is 0. The molecule has 0 amide bonds. The third-order valence-electron chi connectivity index (χ3n) is 0. The van der Waals surface area contributed by atoms with Gasteiger partial charge in [-0.1, -0.05) is 0 Å². The summed E-state index contributed by atoms with van der Waals surface area (Å²) in [6.07, 6.45) is 0. The Hall–Kier alpha value is 3.41. The van der Waals surface area contributed by atoms with Crippen LogP contribution < -0.4 is 0 Å². The van der Waals surface area contributed by atoms with Gasteiger partial charge in [0.15, 0.2) is 0 Å². The zero-order valence-corrected chi connectivity index (χ0v) is 18.7. The summed E-state index contributed by atoms with van der Waals surface area (Å²) in [7, 11) is 0. The van der Waals surface area contributed by atoms with Gasteiger partial charge in [0, 0.05) is 0 Å². The van der Waals surface area contributed by atoms with E-state index >= 15 is 0 Å². The normalized spacial score (nSPS) is 0. The summed E-state index contributed by atoms with van der Waals surface area (Å²) in [5.74, 6) is 0. The van der Waals surface area contributed by atoms with E-state index < -0.39 is 0 Å². The van der Waals surface area contributed by atoms with Gasteiger partial charge in [0.2, 0.25) is 0 Å². The van der Waals surface area contributed by atoms with Gasteiger partial charge >= 0.3 is 107 Å². The van der Waals surface area contributed by atoms with Crippen molar-refractivity contribution in [3.63, 3.8) is 0 Å². The fraction of sp³-hybridized carbons (Fsp3) is 0. The fourth-order valence-electron chi connectivity index (χ4n) is 0. The molecule has 0 aliphatic rings. The van der Waals surface area contributed by atoms with Crippen molar-refractivity contribution >= 4 is 107 Å². The van der Waals surface area contributed by atoms with Gasteiger partial charge in [-0.15, -0.1) is 0 Å². The number of rotatable bonds is 0. The second-order valence-corrected chi connectivity index (χ2v) is 0. The smallest absolute Gasteiger partial charge is 2.00 e. The van der Waals surface area contributed by atoms with Crippen LogP contribution in [-0.2, 0) is 27.4 Å².